The quantitative estimate of drug-likeness (QED) is 0.268. The molecule has 46 heavy (non-hydrogen) atoms. The molecule has 1 aliphatic carbocycles. The van der Waals surface area contributed by atoms with Crippen molar-refractivity contribution in [3.8, 4) is 0 Å². The fourth-order valence-electron chi connectivity index (χ4n) is 7.93. The second kappa shape index (κ2) is 12.4. The number of amides is 2. The number of likely N-dealkylation sites (tertiary alicyclic amines) is 1. The summed E-state index contributed by atoms with van der Waals surface area (Å²) in [5, 5.41) is 14.2. The first kappa shape index (κ1) is 30.8. The standard InChI is InChI=1S/C33H42F2N8O3/c1-21-29-23(3-2-4-26(29)43(38-21)27-9-10-28(44)37-32(27)45)11-16-46-41-19-33(20-41)12-14-40(15-13-33)17-22-5-7-24(8-6-22)42-18-25(36)30(39-42)31(34)35/h2-4,11,16,18,22,24,27,31H,5-10,12-15,17,19-20,36H2,1H3,(H,37,44,45)/b16-11+. The van der Waals surface area contributed by atoms with Crippen molar-refractivity contribution in [2.24, 2.45) is 11.3 Å². The molecule has 3 aliphatic heterocycles. The molecule has 3 saturated heterocycles. The van der Waals surface area contributed by atoms with Crippen molar-refractivity contribution in [3.05, 3.63) is 47.6 Å². The number of nitrogens with two attached hydrogens (primary N) is 1. The van der Waals surface area contributed by atoms with Crippen LogP contribution in [0, 0.1) is 18.3 Å². The van der Waals surface area contributed by atoms with Crippen LogP contribution in [0.25, 0.3) is 17.0 Å². The summed E-state index contributed by atoms with van der Waals surface area (Å²) in [4.78, 5) is 32.7. The molecule has 11 nitrogen and oxygen atoms in total. The molecule has 4 fully saturated rings. The average molecular weight is 637 g/mol. The lowest BCUT2D eigenvalue weighted by Gasteiger charge is -2.52. The molecule has 0 bridgehead atoms. The van der Waals surface area contributed by atoms with E-state index in [1.165, 1.54) is 0 Å². The molecule has 3 aromatic rings. The minimum Gasteiger partial charge on any atom is -0.414 e. The zero-order valence-corrected chi connectivity index (χ0v) is 26.2. The minimum atomic E-state index is -2.64. The van der Waals surface area contributed by atoms with Gasteiger partial charge in [-0.1, -0.05) is 12.1 Å². The van der Waals surface area contributed by atoms with Gasteiger partial charge in [0.2, 0.25) is 5.91 Å². The van der Waals surface area contributed by atoms with Gasteiger partial charge in [0.15, 0.2) is 5.69 Å². The first-order valence-electron chi connectivity index (χ1n) is 16.4. The van der Waals surface area contributed by atoms with Gasteiger partial charge in [-0.15, -0.1) is 5.06 Å². The third-order valence-electron chi connectivity index (χ3n) is 10.5. The van der Waals surface area contributed by atoms with E-state index in [0.29, 0.717) is 24.2 Å². The molecular formula is C33H42F2N8O3. The number of alkyl halides is 2. The second-order valence-electron chi connectivity index (χ2n) is 13.7. The van der Waals surface area contributed by atoms with Crippen molar-refractivity contribution in [3.63, 3.8) is 0 Å². The number of nitrogens with one attached hydrogen (secondary N) is 1. The summed E-state index contributed by atoms with van der Waals surface area (Å²) in [6.45, 7) is 7.05. The Morgan fingerprint density at radius 3 is 2.57 bits per heavy atom. The highest BCUT2D eigenvalue weighted by Crippen LogP contribution is 2.42. The van der Waals surface area contributed by atoms with E-state index >= 15 is 0 Å². The number of halogens is 2. The number of anilines is 1. The highest BCUT2D eigenvalue weighted by atomic mass is 19.3. The van der Waals surface area contributed by atoms with Gasteiger partial charge in [-0.05, 0) is 88.6 Å². The first-order valence-corrected chi connectivity index (χ1v) is 16.4. The van der Waals surface area contributed by atoms with Crippen LogP contribution in [0.1, 0.15) is 86.8 Å². The Kier molecular flexibility index (Phi) is 8.30. The van der Waals surface area contributed by atoms with Crippen molar-refractivity contribution < 1.29 is 23.2 Å². The lowest BCUT2D eigenvalue weighted by Crippen LogP contribution is -2.59. The monoisotopic (exact) mass is 636 g/mol. The van der Waals surface area contributed by atoms with Gasteiger partial charge in [0.05, 0.1) is 22.9 Å². The number of piperidine rings is 2. The van der Waals surface area contributed by atoms with Crippen LogP contribution in [0.5, 0.6) is 0 Å². The molecule has 7 rings (SSSR count). The molecule has 1 atom stereocenters. The topological polar surface area (TPSA) is 124 Å². The number of benzene rings is 1. The van der Waals surface area contributed by atoms with Gasteiger partial charge in [-0.2, -0.15) is 10.2 Å². The van der Waals surface area contributed by atoms with E-state index in [2.05, 4.69) is 20.4 Å². The van der Waals surface area contributed by atoms with E-state index in [4.69, 9.17) is 10.6 Å². The zero-order chi connectivity index (χ0) is 32.0. The SMILES string of the molecule is Cc1nn(C2CCC(=O)NC2=O)c2cccc(/C=C/ON3CC4(CCN(CC5CCC(n6cc(N)c(C(F)F)n6)CC5)CC4)C3)c12. The number of carbonyl (C=O) groups is 2. The third-order valence-corrected chi connectivity index (χ3v) is 10.5. The van der Waals surface area contributed by atoms with E-state index in [-0.39, 0.29) is 29.2 Å². The molecule has 3 N–H and O–H groups in total. The number of aromatic nitrogens is 4. The number of carbonyl (C=O) groups excluding carboxylic acids is 2. The summed E-state index contributed by atoms with van der Waals surface area (Å²) in [5.41, 5.74) is 8.50. The summed E-state index contributed by atoms with van der Waals surface area (Å²) in [6.07, 6.45) is 9.74. The molecule has 2 amide bonds. The summed E-state index contributed by atoms with van der Waals surface area (Å²) < 4.78 is 29.6. The van der Waals surface area contributed by atoms with Gasteiger partial charge >= 0.3 is 0 Å². The predicted molar refractivity (Wildman–Crippen MR) is 168 cm³/mol. The molecule has 2 aromatic heterocycles. The number of fused-ring (bicyclic) bond motifs is 1. The van der Waals surface area contributed by atoms with E-state index in [1.807, 2.05) is 36.3 Å². The van der Waals surface area contributed by atoms with E-state index in [9.17, 15) is 18.4 Å². The molecule has 246 valence electrons. The number of nitrogens with zero attached hydrogens (tertiary/aromatic N) is 6. The lowest BCUT2D eigenvalue weighted by atomic mass is 9.73. The van der Waals surface area contributed by atoms with E-state index in [1.54, 1.807) is 21.8 Å². The van der Waals surface area contributed by atoms with Crippen molar-refractivity contribution >= 4 is 34.5 Å². The molecule has 0 radical (unpaired) electrons. The largest absolute Gasteiger partial charge is 0.414 e. The smallest absolute Gasteiger partial charge is 0.284 e. The molecule has 1 unspecified atom stereocenters. The van der Waals surface area contributed by atoms with Gasteiger partial charge in [0.1, 0.15) is 12.3 Å². The normalized spacial score (nSPS) is 25.9. The van der Waals surface area contributed by atoms with Crippen molar-refractivity contribution in [2.45, 2.75) is 76.8 Å². The number of imide groups is 1. The third kappa shape index (κ3) is 6.02. The average Bonchev–Trinajstić information content (AvgIpc) is 3.58. The number of aryl methyl sites for hydroxylation is 1. The van der Waals surface area contributed by atoms with Crippen LogP contribution in [0.15, 0.2) is 30.7 Å². The Balaban J connectivity index is 0.866. The van der Waals surface area contributed by atoms with Crippen LogP contribution < -0.4 is 11.1 Å². The molecular weight excluding hydrogens is 594 g/mol. The number of hydrogen-bond donors (Lipinski definition) is 2. The van der Waals surface area contributed by atoms with Crippen molar-refractivity contribution in [1.82, 2.24) is 34.8 Å². The summed E-state index contributed by atoms with van der Waals surface area (Å²) in [7, 11) is 0. The maximum absolute atomic E-state index is 13.1. The summed E-state index contributed by atoms with van der Waals surface area (Å²) >= 11 is 0. The molecule has 5 heterocycles. The Bertz CT molecular complexity index is 1630. The van der Waals surface area contributed by atoms with Crippen LogP contribution in [-0.4, -0.2) is 74.1 Å². The number of hydrogen-bond acceptors (Lipinski definition) is 8. The summed E-state index contributed by atoms with van der Waals surface area (Å²) in [5.74, 6) is 0.0812. The Labute approximate surface area is 266 Å². The van der Waals surface area contributed by atoms with Crippen molar-refractivity contribution in [2.75, 3.05) is 38.5 Å². The molecule has 1 saturated carbocycles. The molecule has 4 aliphatic rings. The Morgan fingerprint density at radius 1 is 1.11 bits per heavy atom. The lowest BCUT2D eigenvalue weighted by molar-refractivity contribution is -0.224. The highest BCUT2D eigenvalue weighted by Gasteiger charge is 2.46. The van der Waals surface area contributed by atoms with Gasteiger partial charge in [-0.25, -0.2) is 8.78 Å². The van der Waals surface area contributed by atoms with E-state index < -0.39 is 12.5 Å². The van der Waals surface area contributed by atoms with Crippen LogP contribution in [0.3, 0.4) is 0 Å². The number of rotatable bonds is 8. The second-order valence-corrected chi connectivity index (χ2v) is 13.7. The fraction of sp³-hybridized carbons (Fsp3) is 0.576. The first-order chi connectivity index (χ1) is 22.2. The zero-order valence-electron chi connectivity index (χ0n) is 26.2. The maximum Gasteiger partial charge on any atom is 0.284 e. The van der Waals surface area contributed by atoms with Gasteiger partial charge < -0.3 is 15.5 Å². The maximum atomic E-state index is 13.1. The van der Waals surface area contributed by atoms with Crippen molar-refractivity contribution in [1.29, 1.82) is 0 Å². The van der Waals surface area contributed by atoms with Gasteiger partial charge in [0.25, 0.3) is 12.3 Å². The number of nitrogen functional groups attached to an aromatic ring is 1. The molecule has 13 heteroatoms. The van der Waals surface area contributed by atoms with Crippen LogP contribution in [0.2, 0.25) is 0 Å². The van der Waals surface area contributed by atoms with Gasteiger partial charge in [0, 0.05) is 43.1 Å². The highest BCUT2D eigenvalue weighted by molar-refractivity contribution is 6.00. The van der Waals surface area contributed by atoms with Crippen LogP contribution in [-0.2, 0) is 14.4 Å². The number of hydroxylamine groups is 2. The van der Waals surface area contributed by atoms with E-state index in [0.717, 1.165) is 93.4 Å². The Morgan fingerprint density at radius 2 is 1.87 bits per heavy atom. The van der Waals surface area contributed by atoms with Gasteiger partial charge in [-0.3, -0.25) is 24.3 Å². The predicted octanol–water partition coefficient (Wildman–Crippen LogP) is 4.77. The Hall–Kier alpha value is -3.84. The minimum absolute atomic E-state index is 0.0832. The van der Waals surface area contributed by atoms with Crippen LogP contribution >= 0.6 is 0 Å². The fourth-order valence-corrected chi connectivity index (χ4v) is 7.93. The molecule has 1 spiro atoms. The summed E-state index contributed by atoms with van der Waals surface area (Å²) in [6, 6.07) is 5.57. The van der Waals surface area contributed by atoms with Crippen LogP contribution in [0.4, 0.5) is 14.5 Å². The molecule has 1 aromatic carbocycles.